The summed E-state index contributed by atoms with van der Waals surface area (Å²) in [6.07, 6.45) is -0.0743. The normalized spacial score (nSPS) is 12.3. The van der Waals surface area contributed by atoms with Crippen LogP contribution in [0.4, 0.5) is 4.79 Å². The van der Waals surface area contributed by atoms with Gasteiger partial charge in [0.1, 0.15) is 0 Å². The SMILES string of the molecule is O=C(O)N1CCCC1=O.O=C([O-])CN(CCN(CC(=O)[O-])CC(=O)O)CC(=O)O.[Na+].[Na+]. The number of aliphatic carboxylic acids is 4. The third-order valence-corrected chi connectivity index (χ3v) is 3.46. The van der Waals surface area contributed by atoms with Crippen molar-refractivity contribution >= 4 is 35.9 Å². The van der Waals surface area contributed by atoms with Crippen LogP contribution in [0.3, 0.4) is 0 Å². The number of carbonyl (C=O) groups excluding carboxylic acids is 3. The molecule has 0 spiro atoms. The smallest absolute Gasteiger partial charge is 0.549 e. The Morgan fingerprint density at radius 1 is 0.806 bits per heavy atom. The molecule has 31 heavy (non-hydrogen) atoms. The molecule has 1 heterocycles. The van der Waals surface area contributed by atoms with Gasteiger partial charge in [-0.25, -0.2) is 9.69 Å². The van der Waals surface area contributed by atoms with E-state index in [1.54, 1.807) is 0 Å². The number of hydrogen-bond donors (Lipinski definition) is 3. The van der Waals surface area contributed by atoms with E-state index >= 15 is 0 Å². The van der Waals surface area contributed by atoms with Crippen LogP contribution in [0.2, 0.25) is 0 Å². The molecule has 14 nitrogen and oxygen atoms in total. The molecule has 1 aliphatic rings. The van der Waals surface area contributed by atoms with Crippen LogP contribution in [0, 0.1) is 0 Å². The number of amides is 2. The molecule has 2 amide bonds. The first-order chi connectivity index (χ1) is 13.4. The molecule has 1 saturated heterocycles. The monoisotopic (exact) mass is 465 g/mol. The average Bonchev–Trinajstić information content (AvgIpc) is 2.97. The van der Waals surface area contributed by atoms with E-state index in [0.717, 1.165) is 14.7 Å². The van der Waals surface area contributed by atoms with E-state index in [1.165, 1.54) is 0 Å². The number of carboxylic acid groups (broad SMARTS) is 5. The molecule has 1 aliphatic heterocycles. The first kappa shape index (κ1) is 34.4. The van der Waals surface area contributed by atoms with E-state index in [-0.39, 0.29) is 78.1 Å². The molecule has 16 heteroatoms. The second kappa shape index (κ2) is 18.3. The predicted molar refractivity (Wildman–Crippen MR) is 87.1 cm³/mol. The molecule has 0 bridgehead atoms. The summed E-state index contributed by atoms with van der Waals surface area (Å²) in [5, 5.41) is 46.3. The first-order valence-electron chi connectivity index (χ1n) is 8.23. The largest absolute Gasteiger partial charge is 1.00 e. The fourth-order valence-electron chi connectivity index (χ4n) is 2.31. The van der Waals surface area contributed by atoms with Crippen molar-refractivity contribution in [2.75, 3.05) is 45.8 Å². The number of likely N-dealkylation sites (tertiary alicyclic amines) is 1. The van der Waals surface area contributed by atoms with Gasteiger partial charge < -0.3 is 35.1 Å². The van der Waals surface area contributed by atoms with Crippen molar-refractivity contribution in [2.24, 2.45) is 0 Å². The Morgan fingerprint density at radius 2 is 1.19 bits per heavy atom. The van der Waals surface area contributed by atoms with Crippen molar-refractivity contribution in [1.82, 2.24) is 14.7 Å². The van der Waals surface area contributed by atoms with Gasteiger partial charge in [0.15, 0.2) is 0 Å². The number of carbonyl (C=O) groups is 6. The van der Waals surface area contributed by atoms with Crippen LogP contribution in [0.5, 0.6) is 0 Å². The minimum Gasteiger partial charge on any atom is -0.549 e. The van der Waals surface area contributed by atoms with E-state index < -0.39 is 56.1 Å². The van der Waals surface area contributed by atoms with E-state index in [0.29, 0.717) is 19.4 Å². The van der Waals surface area contributed by atoms with Gasteiger partial charge in [-0.3, -0.25) is 24.2 Å². The molecule has 0 aromatic heterocycles. The van der Waals surface area contributed by atoms with Crippen molar-refractivity contribution in [3.8, 4) is 0 Å². The van der Waals surface area contributed by atoms with E-state index in [1.807, 2.05) is 0 Å². The maximum absolute atomic E-state index is 10.6. The Labute approximate surface area is 221 Å². The standard InChI is InChI=1S/C10H16N2O8.C5H7NO3.2Na/c13-7(14)3-11(4-8(15)16)1-2-12(5-9(17)18)6-10(19)20;7-4-2-1-3-6(4)5(8)9;;/h1-6H2,(H,13,14)(H,15,16)(H,17,18)(H,19,20);1-3H2,(H,8,9);;/q;;2*+1/p-2. The topological polar surface area (TPSA) is 219 Å². The Balaban J connectivity index is -0.000000598. The van der Waals surface area contributed by atoms with Gasteiger partial charge in [0.25, 0.3) is 0 Å². The molecule has 164 valence electrons. The van der Waals surface area contributed by atoms with Crippen molar-refractivity contribution in [1.29, 1.82) is 0 Å². The van der Waals surface area contributed by atoms with Gasteiger partial charge in [-0.15, -0.1) is 0 Å². The van der Waals surface area contributed by atoms with Crippen LogP contribution in [-0.4, -0.2) is 112 Å². The van der Waals surface area contributed by atoms with Crippen molar-refractivity contribution < 1.29 is 113 Å². The summed E-state index contributed by atoms with van der Waals surface area (Å²) >= 11 is 0. The van der Waals surface area contributed by atoms with Crippen LogP contribution in [0.15, 0.2) is 0 Å². The molecule has 1 fully saturated rings. The summed E-state index contributed by atoms with van der Waals surface area (Å²) in [7, 11) is 0. The Hall–Kier alpha value is -1.26. The fourth-order valence-corrected chi connectivity index (χ4v) is 2.31. The molecule has 0 atom stereocenters. The molecule has 0 aromatic rings. The number of nitrogens with zero attached hydrogens (tertiary/aromatic N) is 3. The molecule has 0 aromatic carbocycles. The number of hydrogen-bond acceptors (Lipinski definition) is 10. The Morgan fingerprint density at radius 3 is 1.39 bits per heavy atom. The van der Waals surface area contributed by atoms with Gasteiger partial charge in [0.2, 0.25) is 5.91 Å². The van der Waals surface area contributed by atoms with Crippen molar-refractivity contribution in [3.05, 3.63) is 0 Å². The maximum atomic E-state index is 10.6. The minimum atomic E-state index is -1.49. The predicted octanol–water partition coefficient (Wildman–Crippen LogP) is -10.4. The second-order valence-corrected chi connectivity index (χ2v) is 5.88. The molecule has 1 rings (SSSR count). The third kappa shape index (κ3) is 18.1. The van der Waals surface area contributed by atoms with Crippen LogP contribution in [0.1, 0.15) is 12.8 Å². The molecule has 0 radical (unpaired) electrons. The van der Waals surface area contributed by atoms with Crippen LogP contribution in [0.25, 0.3) is 0 Å². The third-order valence-electron chi connectivity index (χ3n) is 3.46. The molecular formula is C15H21N3Na2O11. The van der Waals surface area contributed by atoms with Gasteiger partial charge >= 0.3 is 77.1 Å². The summed E-state index contributed by atoms with van der Waals surface area (Å²) in [6, 6.07) is 0. The zero-order chi connectivity index (χ0) is 22.6. The van der Waals surface area contributed by atoms with Crippen LogP contribution in [-0.2, 0) is 24.0 Å². The van der Waals surface area contributed by atoms with Gasteiger partial charge in [-0.2, -0.15) is 0 Å². The Bertz CT molecular complexity index is 580. The average molecular weight is 465 g/mol. The molecule has 3 N–H and O–H groups in total. The van der Waals surface area contributed by atoms with Crippen molar-refractivity contribution in [3.63, 3.8) is 0 Å². The molecule has 0 saturated carbocycles. The number of imide groups is 1. The van der Waals surface area contributed by atoms with Gasteiger partial charge in [0, 0.05) is 39.1 Å². The minimum absolute atomic E-state index is 0. The first-order valence-corrected chi connectivity index (χ1v) is 8.23. The van der Waals surface area contributed by atoms with E-state index in [9.17, 15) is 39.0 Å². The summed E-state index contributed by atoms with van der Waals surface area (Å²) < 4.78 is 0. The number of carboxylic acids is 4. The van der Waals surface area contributed by atoms with Gasteiger partial charge in [0.05, 0.1) is 25.0 Å². The number of rotatable bonds is 11. The van der Waals surface area contributed by atoms with Crippen LogP contribution < -0.4 is 69.3 Å². The summed E-state index contributed by atoms with van der Waals surface area (Å²) in [5.41, 5.74) is 0. The van der Waals surface area contributed by atoms with E-state index in [4.69, 9.17) is 15.3 Å². The maximum Gasteiger partial charge on any atom is 1.00 e. The van der Waals surface area contributed by atoms with Gasteiger partial charge in [-0.1, -0.05) is 0 Å². The second-order valence-electron chi connectivity index (χ2n) is 5.88. The van der Waals surface area contributed by atoms with Crippen LogP contribution >= 0.6 is 0 Å². The Kier molecular flexibility index (Phi) is 20.3. The summed E-state index contributed by atoms with van der Waals surface area (Å²) in [6.45, 7) is -2.38. The molecule has 0 aliphatic carbocycles. The zero-order valence-electron chi connectivity index (χ0n) is 17.3. The summed E-state index contributed by atoms with van der Waals surface area (Å²) in [5.74, 6) is -5.79. The quantitative estimate of drug-likeness (QED) is 0.242. The molecular weight excluding hydrogens is 444 g/mol. The summed E-state index contributed by atoms with van der Waals surface area (Å²) in [4.78, 5) is 65.4. The molecule has 0 unspecified atom stereocenters. The van der Waals surface area contributed by atoms with Crippen molar-refractivity contribution in [2.45, 2.75) is 12.8 Å². The zero-order valence-corrected chi connectivity index (χ0v) is 21.3. The fraction of sp³-hybridized carbons (Fsp3) is 0.600. The van der Waals surface area contributed by atoms with Gasteiger partial charge in [-0.05, 0) is 6.42 Å². The van der Waals surface area contributed by atoms with E-state index in [2.05, 4.69) is 0 Å².